The lowest BCUT2D eigenvalue weighted by atomic mass is 10.0. The van der Waals surface area contributed by atoms with Crippen LogP contribution in [-0.4, -0.2) is 63.1 Å². The van der Waals surface area contributed by atoms with Crippen molar-refractivity contribution in [1.82, 2.24) is 10.2 Å². The van der Waals surface area contributed by atoms with Gasteiger partial charge in [0.25, 0.3) is 5.91 Å². The minimum Gasteiger partial charge on any atom is -0.461 e. The zero-order chi connectivity index (χ0) is 24.4. The number of ether oxygens (including phenoxy) is 2. The number of thioether (sulfide) groups is 2. The fourth-order valence-electron chi connectivity index (χ4n) is 3.59. The Morgan fingerprint density at radius 3 is 2.48 bits per heavy atom. The molecule has 2 amide bonds. The maximum Gasteiger partial charge on any atom is 0.355 e. The van der Waals surface area contributed by atoms with Crippen molar-refractivity contribution in [3.63, 3.8) is 0 Å². The molecule has 0 aliphatic carbocycles. The molecule has 1 N–H and O–H groups in total. The number of fused-ring (bicyclic) bond motifs is 1. The lowest BCUT2D eigenvalue weighted by molar-refractivity contribution is -0.160. The highest BCUT2D eigenvalue weighted by molar-refractivity contribution is 8.05. The first kappa shape index (κ1) is 25.2. The van der Waals surface area contributed by atoms with E-state index >= 15 is 0 Å². The van der Waals surface area contributed by atoms with Crippen LogP contribution in [0.5, 0.6) is 0 Å². The number of carbonyl (C=O) groups is 4. The van der Waals surface area contributed by atoms with E-state index in [1.165, 1.54) is 35.3 Å². The maximum atomic E-state index is 13.4. The first-order chi connectivity index (χ1) is 15.5. The molecule has 8 nitrogen and oxygen atoms in total. The van der Waals surface area contributed by atoms with Gasteiger partial charge in [-0.25, -0.2) is 4.79 Å². The lowest BCUT2D eigenvalue weighted by Crippen LogP contribution is -2.78. The van der Waals surface area contributed by atoms with E-state index in [0.29, 0.717) is 11.3 Å². The molecule has 2 atom stereocenters. The van der Waals surface area contributed by atoms with Gasteiger partial charge in [-0.2, -0.15) is 0 Å². The molecule has 2 aliphatic heterocycles. The van der Waals surface area contributed by atoms with Crippen LogP contribution in [0.2, 0.25) is 0 Å². The van der Waals surface area contributed by atoms with Crippen LogP contribution in [0.4, 0.5) is 0 Å². The number of carbonyl (C=O) groups excluding carboxylic acids is 4. The SMILES string of the molecule is CS[C@@]1(NC(=O)Cc2ccccc2)C(=O)N2C(C(=O)OC(C)(C)C)=C(COC(C)=O)CS[C@@H]21. The van der Waals surface area contributed by atoms with Crippen molar-refractivity contribution < 1.29 is 28.7 Å². The van der Waals surface area contributed by atoms with Gasteiger partial charge >= 0.3 is 11.9 Å². The zero-order valence-electron chi connectivity index (χ0n) is 19.3. The monoisotopic (exact) mass is 492 g/mol. The van der Waals surface area contributed by atoms with Crippen molar-refractivity contribution in [2.75, 3.05) is 18.6 Å². The van der Waals surface area contributed by atoms with Gasteiger partial charge in [0.1, 0.15) is 23.3 Å². The largest absolute Gasteiger partial charge is 0.461 e. The molecule has 3 rings (SSSR count). The number of rotatable bonds is 7. The molecule has 2 heterocycles. The van der Waals surface area contributed by atoms with Gasteiger partial charge in [0.05, 0.1) is 6.42 Å². The predicted molar refractivity (Wildman–Crippen MR) is 127 cm³/mol. The maximum absolute atomic E-state index is 13.4. The summed E-state index contributed by atoms with van der Waals surface area (Å²) in [6, 6.07) is 9.26. The van der Waals surface area contributed by atoms with Crippen LogP contribution >= 0.6 is 23.5 Å². The lowest BCUT2D eigenvalue weighted by Gasteiger charge is -2.56. The predicted octanol–water partition coefficient (Wildman–Crippen LogP) is 2.48. The van der Waals surface area contributed by atoms with E-state index in [-0.39, 0.29) is 24.6 Å². The summed E-state index contributed by atoms with van der Waals surface area (Å²) >= 11 is 2.64. The van der Waals surface area contributed by atoms with Crippen molar-refractivity contribution in [2.45, 2.75) is 50.0 Å². The highest BCUT2D eigenvalue weighted by atomic mass is 32.2. The number of amides is 2. The molecule has 2 aliphatic rings. The van der Waals surface area contributed by atoms with E-state index in [4.69, 9.17) is 9.47 Å². The molecule has 0 spiro atoms. The standard InChI is InChI=1S/C23H28N2O6S2/c1-14(26)30-12-16-13-33-21-23(32-5,24-17(27)11-15-9-7-6-8-10-15)20(29)25(21)18(16)19(28)31-22(2,3)4/h6-10,21H,11-13H2,1-5H3,(H,24,27)/t21-,23+/m1/s1. The first-order valence-electron chi connectivity index (χ1n) is 10.4. The van der Waals surface area contributed by atoms with Gasteiger partial charge in [-0.3, -0.25) is 19.3 Å². The molecular formula is C23H28N2O6S2. The molecule has 0 aromatic heterocycles. The van der Waals surface area contributed by atoms with E-state index in [1.807, 2.05) is 30.3 Å². The van der Waals surface area contributed by atoms with E-state index < -0.39 is 33.7 Å². The zero-order valence-corrected chi connectivity index (χ0v) is 20.9. The summed E-state index contributed by atoms with van der Waals surface area (Å²) in [7, 11) is 0. The quantitative estimate of drug-likeness (QED) is 0.352. The smallest absolute Gasteiger partial charge is 0.355 e. The minimum atomic E-state index is -1.20. The van der Waals surface area contributed by atoms with Crippen LogP contribution in [-0.2, 0) is 35.1 Å². The van der Waals surface area contributed by atoms with E-state index in [9.17, 15) is 19.2 Å². The van der Waals surface area contributed by atoms with E-state index in [0.717, 1.165) is 5.56 Å². The number of hydrogen-bond donors (Lipinski definition) is 1. The minimum absolute atomic E-state index is 0.0851. The normalized spacial score (nSPS) is 22.3. The van der Waals surface area contributed by atoms with Crippen LogP contribution in [0.15, 0.2) is 41.6 Å². The fourth-order valence-corrected chi connectivity index (χ4v) is 6.20. The molecule has 10 heteroatoms. The summed E-state index contributed by atoms with van der Waals surface area (Å²) in [6.45, 7) is 6.38. The molecule has 0 radical (unpaired) electrons. The first-order valence-corrected chi connectivity index (χ1v) is 12.7. The third-order valence-corrected chi connectivity index (χ3v) is 7.69. The highest BCUT2D eigenvalue weighted by Crippen LogP contribution is 2.51. The molecule has 1 saturated heterocycles. The van der Waals surface area contributed by atoms with Crippen LogP contribution in [0.25, 0.3) is 0 Å². The van der Waals surface area contributed by atoms with Gasteiger partial charge in [-0.15, -0.1) is 23.5 Å². The second kappa shape index (κ2) is 9.80. The summed E-state index contributed by atoms with van der Waals surface area (Å²) in [5.74, 6) is -1.48. The molecule has 1 aromatic rings. The molecule has 33 heavy (non-hydrogen) atoms. The Morgan fingerprint density at radius 1 is 1.24 bits per heavy atom. The number of β-lactam (4-membered cyclic amide) rings is 1. The molecule has 0 bridgehead atoms. The van der Waals surface area contributed by atoms with Gasteiger partial charge in [0.15, 0.2) is 4.87 Å². The Morgan fingerprint density at radius 2 is 1.91 bits per heavy atom. The summed E-state index contributed by atoms with van der Waals surface area (Å²) in [5.41, 5.74) is 0.649. The van der Waals surface area contributed by atoms with Gasteiger partial charge in [0, 0.05) is 18.2 Å². The van der Waals surface area contributed by atoms with Crippen molar-refractivity contribution in [3.8, 4) is 0 Å². The Balaban J connectivity index is 1.86. The van der Waals surface area contributed by atoms with E-state index in [2.05, 4.69) is 5.32 Å². The van der Waals surface area contributed by atoms with Crippen LogP contribution in [0.1, 0.15) is 33.3 Å². The Hall–Kier alpha value is -2.46. The van der Waals surface area contributed by atoms with Crippen LogP contribution in [0, 0.1) is 0 Å². The summed E-state index contributed by atoms with van der Waals surface area (Å²) < 4.78 is 10.7. The number of nitrogens with one attached hydrogen (secondary N) is 1. The highest BCUT2D eigenvalue weighted by Gasteiger charge is 2.65. The second-order valence-electron chi connectivity index (χ2n) is 8.72. The molecule has 0 unspecified atom stereocenters. The van der Waals surface area contributed by atoms with Crippen molar-refractivity contribution in [3.05, 3.63) is 47.2 Å². The average Bonchev–Trinajstić information content (AvgIpc) is 2.74. The third-order valence-electron chi connectivity index (χ3n) is 5.01. The average molecular weight is 493 g/mol. The Labute approximate surface area is 201 Å². The number of hydrogen-bond acceptors (Lipinski definition) is 8. The number of esters is 2. The topological polar surface area (TPSA) is 102 Å². The molecule has 1 fully saturated rings. The Bertz CT molecular complexity index is 988. The van der Waals surface area contributed by atoms with Gasteiger partial charge in [-0.05, 0) is 32.6 Å². The van der Waals surface area contributed by atoms with Gasteiger partial charge < -0.3 is 14.8 Å². The number of nitrogens with zero attached hydrogens (tertiary/aromatic N) is 1. The van der Waals surface area contributed by atoms with Crippen molar-refractivity contribution in [2.24, 2.45) is 0 Å². The summed E-state index contributed by atoms with van der Waals surface area (Å²) in [6.07, 6.45) is 1.89. The Kier molecular flexibility index (Phi) is 7.48. The summed E-state index contributed by atoms with van der Waals surface area (Å²) in [4.78, 5) is 50.8. The number of benzene rings is 1. The van der Waals surface area contributed by atoms with Gasteiger partial charge in [-0.1, -0.05) is 30.3 Å². The molecule has 0 saturated carbocycles. The molecular weight excluding hydrogens is 464 g/mol. The second-order valence-corrected chi connectivity index (χ2v) is 10.8. The van der Waals surface area contributed by atoms with Crippen molar-refractivity contribution in [1.29, 1.82) is 0 Å². The van der Waals surface area contributed by atoms with E-state index in [1.54, 1.807) is 27.0 Å². The van der Waals surface area contributed by atoms with Crippen LogP contribution < -0.4 is 5.32 Å². The van der Waals surface area contributed by atoms with Crippen molar-refractivity contribution >= 4 is 47.3 Å². The molecule has 1 aromatic carbocycles. The fraction of sp³-hybridized carbons (Fsp3) is 0.478. The van der Waals surface area contributed by atoms with Crippen LogP contribution in [0.3, 0.4) is 0 Å². The third kappa shape index (κ3) is 5.38. The van der Waals surface area contributed by atoms with Gasteiger partial charge in [0.2, 0.25) is 5.91 Å². The molecule has 178 valence electrons. The summed E-state index contributed by atoms with van der Waals surface area (Å²) in [5, 5.41) is 2.40.